The number of halogens is 1. The van der Waals surface area contributed by atoms with Gasteiger partial charge < -0.3 is 14.8 Å². The molecule has 0 aliphatic rings. The van der Waals surface area contributed by atoms with Crippen LogP contribution >= 0.6 is 11.6 Å². The lowest BCUT2D eigenvalue weighted by Gasteiger charge is -2.07. The number of hydrogen-bond donors (Lipinski definition) is 2. The third-order valence-electron chi connectivity index (χ3n) is 2.32. The van der Waals surface area contributed by atoms with Crippen molar-refractivity contribution in [2.75, 3.05) is 5.32 Å². The van der Waals surface area contributed by atoms with E-state index >= 15 is 0 Å². The van der Waals surface area contributed by atoms with Crippen LogP contribution in [0.1, 0.15) is 21.9 Å². The quantitative estimate of drug-likeness (QED) is 0.832. The molecule has 0 aliphatic carbocycles. The molecule has 2 heterocycles. The average Bonchev–Trinajstić information content (AvgIpc) is 2.72. The maximum Gasteiger partial charge on any atom is 0.339 e. The first-order valence-electron chi connectivity index (χ1n) is 5.25. The van der Waals surface area contributed by atoms with Crippen LogP contribution in [0.4, 0.5) is 5.82 Å². The van der Waals surface area contributed by atoms with Crippen LogP contribution in [0, 0.1) is 6.92 Å². The summed E-state index contributed by atoms with van der Waals surface area (Å²) in [4.78, 5) is 15.0. The van der Waals surface area contributed by atoms with E-state index in [9.17, 15) is 4.79 Å². The van der Waals surface area contributed by atoms with Gasteiger partial charge in [-0.15, -0.1) is 0 Å². The largest absolute Gasteiger partial charge is 0.478 e. The number of nitrogens with zero attached hydrogens (tertiary/aromatic N) is 1. The molecule has 5 nitrogen and oxygen atoms in total. The molecule has 0 spiro atoms. The summed E-state index contributed by atoms with van der Waals surface area (Å²) < 4.78 is 5.37. The third kappa shape index (κ3) is 2.81. The van der Waals surface area contributed by atoms with E-state index in [2.05, 4.69) is 10.3 Å². The molecular formula is C12H11ClN2O3. The highest BCUT2D eigenvalue weighted by Crippen LogP contribution is 2.18. The van der Waals surface area contributed by atoms with Gasteiger partial charge in [0.2, 0.25) is 0 Å². The second-order valence-electron chi connectivity index (χ2n) is 3.70. The summed E-state index contributed by atoms with van der Waals surface area (Å²) in [5.74, 6) is 0.663. The van der Waals surface area contributed by atoms with E-state index in [0.717, 1.165) is 5.76 Å². The summed E-state index contributed by atoms with van der Waals surface area (Å²) in [5, 5.41) is 12.1. The lowest BCUT2D eigenvalue weighted by atomic mass is 10.2. The smallest absolute Gasteiger partial charge is 0.339 e. The SMILES string of the molecule is Cc1ccc(CNc2nc(Cl)ccc2C(=O)O)o1. The molecule has 0 radical (unpaired) electrons. The van der Waals surface area contributed by atoms with Gasteiger partial charge in [0.05, 0.1) is 6.54 Å². The molecule has 2 aromatic rings. The van der Waals surface area contributed by atoms with Crippen LogP contribution in [0.25, 0.3) is 0 Å². The fourth-order valence-corrected chi connectivity index (χ4v) is 1.64. The van der Waals surface area contributed by atoms with E-state index in [1.807, 2.05) is 19.1 Å². The Morgan fingerprint density at radius 1 is 1.44 bits per heavy atom. The highest BCUT2D eigenvalue weighted by atomic mass is 35.5. The van der Waals surface area contributed by atoms with Gasteiger partial charge in [-0.1, -0.05) is 11.6 Å². The Balaban J connectivity index is 2.17. The number of aryl methyl sites for hydroxylation is 1. The second kappa shape index (κ2) is 5.10. The maximum absolute atomic E-state index is 11.0. The average molecular weight is 267 g/mol. The standard InChI is InChI=1S/C12H11ClN2O3/c1-7-2-3-8(18-7)6-14-11-9(12(16)17)4-5-10(13)15-11/h2-5H,6H2,1H3,(H,14,15)(H,16,17). The molecule has 2 rings (SSSR count). The van der Waals surface area contributed by atoms with Gasteiger partial charge in [-0.05, 0) is 31.2 Å². The predicted octanol–water partition coefficient (Wildman–Crippen LogP) is 2.95. The van der Waals surface area contributed by atoms with Gasteiger partial charge in [-0.2, -0.15) is 0 Å². The van der Waals surface area contributed by atoms with Crippen LogP contribution in [-0.2, 0) is 6.54 Å². The number of rotatable bonds is 4. The van der Waals surface area contributed by atoms with Crippen molar-refractivity contribution in [2.24, 2.45) is 0 Å². The van der Waals surface area contributed by atoms with Crippen LogP contribution in [0.5, 0.6) is 0 Å². The Hall–Kier alpha value is -2.01. The van der Waals surface area contributed by atoms with Crippen LogP contribution in [-0.4, -0.2) is 16.1 Å². The first-order valence-corrected chi connectivity index (χ1v) is 5.63. The minimum atomic E-state index is -1.06. The number of nitrogens with one attached hydrogen (secondary N) is 1. The number of hydrogen-bond acceptors (Lipinski definition) is 4. The summed E-state index contributed by atoms with van der Waals surface area (Å²) in [6, 6.07) is 6.49. The molecular weight excluding hydrogens is 256 g/mol. The molecule has 0 amide bonds. The van der Waals surface area contributed by atoms with Crippen LogP contribution < -0.4 is 5.32 Å². The second-order valence-corrected chi connectivity index (χ2v) is 4.09. The highest BCUT2D eigenvalue weighted by molar-refractivity contribution is 6.29. The summed E-state index contributed by atoms with van der Waals surface area (Å²) in [7, 11) is 0. The zero-order valence-electron chi connectivity index (χ0n) is 9.61. The zero-order valence-corrected chi connectivity index (χ0v) is 10.4. The molecule has 0 aromatic carbocycles. The number of carbonyl (C=O) groups is 1. The normalized spacial score (nSPS) is 10.3. The Labute approximate surface area is 108 Å². The number of aromatic nitrogens is 1. The van der Waals surface area contributed by atoms with Crippen molar-refractivity contribution >= 4 is 23.4 Å². The topological polar surface area (TPSA) is 75.4 Å². The van der Waals surface area contributed by atoms with Crippen molar-refractivity contribution in [1.82, 2.24) is 4.98 Å². The van der Waals surface area contributed by atoms with Crippen molar-refractivity contribution < 1.29 is 14.3 Å². The van der Waals surface area contributed by atoms with Gasteiger partial charge in [0.15, 0.2) is 0 Å². The van der Waals surface area contributed by atoms with E-state index in [1.165, 1.54) is 12.1 Å². The maximum atomic E-state index is 11.0. The summed E-state index contributed by atoms with van der Waals surface area (Å²) in [5.41, 5.74) is 0.0719. The Bertz CT molecular complexity index is 580. The Kier molecular flexibility index (Phi) is 3.53. The number of anilines is 1. The van der Waals surface area contributed by atoms with Gasteiger partial charge in [0, 0.05) is 0 Å². The summed E-state index contributed by atoms with van der Waals surface area (Å²) >= 11 is 5.74. The van der Waals surface area contributed by atoms with E-state index in [1.54, 1.807) is 0 Å². The molecule has 2 N–H and O–H groups in total. The van der Waals surface area contributed by atoms with Crippen molar-refractivity contribution in [3.63, 3.8) is 0 Å². The number of carboxylic acid groups (broad SMARTS) is 1. The van der Waals surface area contributed by atoms with Gasteiger partial charge in [-0.3, -0.25) is 0 Å². The fourth-order valence-electron chi connectivity index (χ4n) is 1.49. The molecule has 18 heavy (non-hydrogen) atoms. The molecule has 0 aliphatic heterocycles. The number of aromatic carboxylic acids is 1. The molecule has 0 saturated carbocycles. The predicted molar refractivity (Wildman–Crippen MR) is 67.0 cm³/mol. The molecule has 2 aromatic heterocycles. The molecule has 6 heteroatoms. The van der Waals surface area contributed by atoms with Crippen LogP contribution in [0.2, 0.25) is 5.15 Å². The van der Waals surface area contributed by atoms with Crippen molar-refractivity contribution in [3.05, 3.63) is 46.5 Å². The summed E-state index contributed by atoms with van der Waals surface area (Å²) in [6.45, 7) is 2.19. The van der Waals surface area contributed by atoms with E-state index in [4.69, 9.17) is 21.1 Å². The van der Waals surface area contributed by atoms with Gasteiger partial charge >= 0.3 is 5.97 Å². The molecule has 0 atom stereocenters. The number of carboxylic acids is 1. The molecule has 0 fully saturated rings. The number of furan rings is 1. The fraction of sp³-hybridized carbons (Fsp3) is 0.167. The lowest BCUT2D eigenvalue weighted by molar-refractivity contribution is 0.0697. The van der Waals surface area contributed by atoms with E-state index in [-0.39, 0.29) is 16.5 Å². The minimum Gasteiger partial charge on any atom is -0.478 e. The minimum absolute atomic E-state index is 0.0719. The van der Waals surface area contributed by atoms with Gasteiger partial charge in [0.1, 0.15) is 28.1 Å². The Morgan fingerprint density at radius 3 is 2.83 bits per heavy atom. The van der Waals surface area contributed by atoms with Crippen molar-refractivity contribution in [3.8, 4) is 0 Å². The highest BCUT2D eigenvalue weighted by Gasteiger charge is 2.12. The van der Waals surface area contributed by atoms with Gasteiger partial charge in [-0.25, -0.2) is 9.78 Å². The first-order chi connectivity index (χ1) is 8.56. The number of pyridine rings is 1. The lowest BCUT2D eigenvalue weighted by Crippen LogP contribution is -2.08. The Morgan fingerprint density at radius 2 is 2.22 bits per heavy atom. The van der Waals surface area contributed by atoms with E-state index in [0.29, 0.717) is 12.3 Å². The van der Waals surface area contributed by atoms with Crippen LogP contribution in [0.15, 0.2) is 28.7 Å². The van der Waals surface area contributed by atoms with Crippen LogP contribution in [0.3, 0.4) is 0 Å². The third-order valence-corrected chi connectivity index (χ3v) is 2.53. The molecule has 94 valence electrons. The zero-order chi connectivity index (χ0) is 13.1. The first kappa shape index (κ1) is 12.4. The van der Waals surface area contributed by atoms with E-state index < -0.39 is 5.97 Å². The molecule has 0 saturated heterocycles. The monoisotopic (exact) mass is 266 g/mol. The summed E-state index contributed by atoms with van der Waals surface area (Å²) in [6.07, 6.45) is 0. The molecule has 0 bridgehead atoms. The van der Waals surface area contributed by atoms with Gasteiger partial charge in [0.25, 0.3) is 0 Å². The van der Waals surface area contributed by atoms with Crippen molar-refractivity contribution in [1.29, 1.82) is 0 Å². The molecule has 0 unspecified atom stereocenters. The van der Waals surface area contributed by atoms with Crippen molar-refractivity contribution in [2.45, 2.75) is 13.5 Å².